The van der Waals surface area contributed by atoms with E-state index in [-0.39, 0.29) is 12.1 Å². The van der Waals surface area contributed by atoms with Crippen LogP contribution in [0.25, 0.3) is 0 Å². The van der Waals surface area contributed by atoms with Crippen molar-refractivity contribution < 1.29 is 5.11 Å². The third kappa shape index (κ3) is 3.78. The normalized spacial score (nSPS) is 12.3. The molecule has 0 atom stereocenters. The van der Waals surface area contributed by atoms with Crippen molar-refractivity contribution in [2.75, 3.05) is 6.61 Å². The highest BCUT2D eigenvalue weighted by atomic mass is 16.3. The molecule has 0 amide bonds. The van der Waals surface area contributed by atoms with Gasteiger partial charge in [-0.2, -0.15) is 5.10 Å². The minimum absolute atomic E-state index is 0.151. The molecule has 1 aromatic rings. The Morgan fingerprint density at radius 3 is 2.56 bits per heavy atom. The summed E-state index contributed by atoms with van der Waals surface area (Å²) in [6.45, 7) is 10.2. The number of aliphatic hydroxyl groups excluding tert-OH is 1. The summed E-state index contributed by atoms with van der Waals surface area (Å²) in [5.41, 5.74) is -0.200. The highest BCUT2D eigenvalue weighted by molar-refractivity contribution is 4.90. The number of hydrogen-bond donors (Lipinski definition) is 2. The quantitative estimate of drug-likeness (QED) is 0.739. The van der Waals surface area contributed by atoms with Crippen LogP contribution in [0.1, 0.15) is 46.4 Å². The number of aromatic nitrogens is 3. The predicted molar refractivity (Wildman–Crippen MR) is 72.1 cm³/mol. The van der Waals surface area contributed by atoms with Crippen LogP contribution < -0.4 is 5.32 Å². The molecular weight excluding hydrogens is 228 g/mol. The van der Waals surface area contributed by atoms with Gasteiger partial charge in [-0.1, -0.05) is 27.7 Å². The summed E-state index contributed by atoms with van der Waals surface area (Å²) in [5, 5.41) is 17.2. The zero-order valence-electron chi connectivity index (χ0n) is 12.0. The number of hydrogen-bond acceptors (Lipinski definition) is 4. The summed E-state index contributed by atoms with van der Waals surface area (Å²) in [7, 11) is 0. The minimum atomic E-state index is -0.200. The fourth-order valence-corrected chi connectivity index (χ4v) is 1.97. The maximum atomic E-state index is 9.51. The van der Waals surface area contributed by atoms with E-state index in [0.717, 1.165) is 25.2 Å². The summed E-state index contributed by atoms with van der Waals surface area (Å²) in [6, 6.07) is 0. The third-order valence-corrected chi connectivity index (χ3v) is 3.51. The van der Waals surface area contributed by atoms with Crippen LogP contribution in [-0.2, 0) is 13.1 Å². The summed E-state index contributed by atoms with van der Waals surface area (Å²) in [4.78, 5) is 4.28. The van der Waals surface area contributed by atoms with Gasteiger partial charge in [-0.05, 0) is 18.8 Å². The summed E-state index contributed by atoms with van der Waals surface area (Å²) in [6.07, 6.45) is 3.40. The molecule has 0 aliphatic heterocycles. The number of nitrogens with one attached hydrogen (secondary N) is 1. The number of nitrogens with zero attached hydrogens (tertiary/aromatic N) is 3. The van der Waals surface area contributed by atoms with Gasteiger partial charge in [-0.15, -0.1) is 0 Å². The van der Waals surface area contributed by atoms with E-state index in [0.29, 0.717) is 12.5 Å². The first-order valence-corrected chi connectivity index (χ1v) is 6.79. The summed E-state index contributed by atoms with van der Waals surface area (Å²) in [5.74, 6) is 1.48. The topological polar surface area (TPSA) is 63.0 Å². The van der Waals surface area contributed by atoms with E-state index < -0.39 is 0 Å². The molecule has 0 unspecified atom stereocenters. The van der Waals surface area contributed by atoms with Crippen molar-refractivity contribution in [3.8, 4) is 0 Å². The van der Waals surface area contributed by atoms with Crippen molar-refractivity contribution in [3.63, 3.8) is 0 Å². The molecule has 0 spiro atoms. The second-order valence-electron chi connectivity index (χ2n) is 5.25. The van der Waals surface area contributed by atoms with Gasteiger partial charge in [0, 0.05) is 12.1 Å². The van der Waals surface area contributed by atoms with Crippen molar-refractivity contribution in [1.29, 1.82) is 0 Å². The van der Waals surface area contributed by atoms with E-state index in [2.05, 4.69) is 43.1 Å². The Kier molecular flexibility index (Phi) is 5.75. The van der Waals surface area contributed by atoms with Gasteiger partial charge < -0.3 is 10.4 Å². The maximum Gasteiger partial charge on any atom is 0.140 e. The highest BCUT2D eigenvalue weighted by Gasteiger charge is 2.24. The molecule has 0 fully saturated rings. The minimum Gasteiger partial charge on any atom is -0.394 e. The largest absolute Gasteiger partial charge is 0.394 e. The molecule has 1 rings (SSSR count). The van der Waals surface area contributed by atoms with Crippen LogP contribution in [0.4, 0.5) is 0 Å². The van der Waals surface area contributed by atoms with E-state index in [4.69, 9.17) is 0 Å². The van der Waals surface area contributed by atoms with E-state index >= 15 is 0 Å². The van der Waals surface area contributed by atoms with Crippen LogP contribution in [0.3, 0.4) is 0 Å². The van der Waals surface area contributed by atoms with Gasteiger partial charge >= 0.3 is 0 Å². The van der Waals surface area contributed by atoms with Crippen molar-refractivity contribution in [3.05, 3.63) is 12.2 Å². The van der Waals surface area contributed by atoms with Gasteiger partial charge in [0.15, 0.2) is 0 Å². The van der Waals surface area contributed by atoms with Crippen molar-refractivity contribution in [2.45, 2.75) is 59.2 Å². The monoisotopic (exact) mass is 254 g/mol. The van der Waals surface area contributed by atoms with Gasteiger partial charge in [0.25, 0.3) is 0 Å². The maximum absolute atomic E-state index is 9.51. The lowest BCUT2D eigenvalue weighted by atomic mass is 9.94. The molecule has 0 aliphatic carbocycles. The average Bonchev–Trinajstić information content (AvgIpc) is 2.78. The molecule has 0 aromatic carbocycles. The first-order valence-electron chi connectivity index (χ1n) is 6.79. The highest BCUT2D eigenvalue weighted by Crippen LogP contribution is 2.15. The lowest BCUT2D eigenvalue weighted by Gasteiger charge is -2.30. The molecule has 18 heavy (non-hydrogen) atoms. The van der Waals surface area contributed by atoms with Crippen LogP contribution in [0, 0.1) is 5.92 Å². The molecule has 1 heterocycles. The first-order chi connectivity index (χ1) is 8.56. The van der Waals surface area contributed by atoms with Crippen LogP contribution in [0.2, 0.25) is 0 Å². The van der Waals surface area contributed by atoms with Crippen molar-refractivity contribution >= 4 is 0 Å². The van der Waals surface area contributed by atoms with Crippen molar-refractivity contribution in [2.24, 2.45) is 5.92 Å². The van der Waals surface area contributed by atoms with Crippen LogP contribution >= 0.6 is 0 Å². The zero-order valence-corrected chi connectivity index (χ0v) is 12.0. The third-order valence-electron chi connectivity index (χ3n) is 3.51. The Bertz CT molecular complexity index is 336. The van der Waals surface area contributed by atoms with E-state index in [9.17, 15) is 5.11 Å². The Morgan fingerprint density at radius 2 is 2.06 bits per heavy atom. The second-order valence-corrected chi connectivity index (χ2v) is 5.25. The van der Waals surface area contributed by atoms with Gasteiger partial charge in [0.05, 0.1) is 13.2 Å². The zero-order chi connectivity index (χ0) is 13.6. The Hall–Kier alpha value is -0.940. The lowest BCUT2D eigenvalue weighted by molar-refractivity contribution is 0.148. The average molecular weight is 254 g/mol. The smallest absolute Gasteiger partial charge is 0.140 e. The van der Waals surface area contributed by atoms with Gasteiger partial charge in [-0.3, -0.25) is 0 Å². The second kappa shape index (κ2) is 6.85. The predicted octanol–water partition coefficient (Wildman–Crippen LogP) is 1.57. The molecule has 5 nitrogen and oxygen atoms in total. The Morgan fingerprint density at radius 1 is 1.39 bits per heavy atom. The molecule has 0 saturated carbocycles. The van der Waals surface area contributed by atoms with E-state index in [1.807, 2.05) is 4.68 Å². The molecular formula is C13H26N4O. The molecule has 0 saturated heterocycles. The van der Waals surface area contributed by atoms with Crippen LogP contribution in [0.15, 0.2) is 6.33 Å². The van der Waals surface area contributed by atoms with Crippen LogP contribution in [-0.4, -0.2) is 32.0 Å². The summed E-state index contributed by atoms with van der Waals surface area (Å²) >= 11 is 0. The fraction of sp³-hybridized carbons (Fsp3) is 0.846. The molecule has 104 valence electrons. The number of aliphatic hydroxyl groups is 1. The molecule has 0 bridgehead atoms. The number of rotatable bonds is 8. The fourth-order valence-electron chi connectivity index (χ4n) is 1.97. The molecule has 1 aromatic heterocycles. The van der Waals surface area contributed by atoms with E-state index in [1.54, 1.807) is 6.33 Å². The molecule has 5 heteroatoms. The van der Waals surface area contributed by atoms with E-state index in [1.165, 1.54) is 0 Å². The summed E-state index contributed by atoms with van der Waals surface area (Å²) < 4.78 is 1.94. The van der Waals surface area contributed by atoms with Gasteiger partial charge in [-0.25, -0.2) is 9.67 Å². The standard InChI is InChI=1S/C13H26N4O/c1-5-13(6-2,9-18)15-7-12-14-10-16-17(12)8-11(3)4/h10-11,15,18H,5-9H2,1-4H3. The molecule has 0 aliphatic rings. The Labute approximate surface area is 110 Å². The Balaban J connectivity index is 2.65. The lowest BCUT2D eigenvalue weighted by Crippen LogP contribution is -2.47. The van der Waals surface area contributed by atoms with Crippen LogP contribution in [0.5, 0.6) is 0 Å². The van der Waals surface area contributed by atoms with Gasteiger partial charge in [0.2, 0.25) is 0 Å². The SMILES string of the molecule is CCC(CC)(CO)NCc1ncnn1CC(C)C. The molecule has 0 radical (unpaired) electrons. The first kappa shape index (κ1) is 15.1. The van der Waals surface area contributed by atoms with Gasteiger partial charge in [0.1, 0.15) is 12.2 Å². The van der Waals surface area contributed by atoms with Crippen molar-refractivity contribution in [1.82, 2.24) is 20.1 Å². The molecule has 2 N–H and O–H groups in total.